The molecule has 122 valence electrons. The van der Waals surface area contributed by atoms with Crippen molar-refractivity contribution in [2.75, 3.05) is 13.7 Å². The smallest absolute Gasteiger partial charge is 0.410 e. The van der Waals surface area contributed by atoms with Crippen LogP contribution < -0.4 is 0 Å². The molecule has 1 atom stereocenters. The van der Waals surface area contributed by atoms with Crippen molar-refractivity contribution in [3.63, 3.8) is 0 Å². The van der Waals surface area contributed by atoms with Crippen LogP contribution in [0, 0.1) is 0 Å². The molecule has 2 rings (SSSR count). The Bertz CT molecular complexity index is 396. The van der Waals surface area contributed by atoms with E-state index >= 15 is 0 Å². The third-order valence-corrected chi connectivity index (χ3v) is 4.31. The van der Waals surface area contributed by atoms with Crippen LogP contribution in [-0.4, -0.2) is 47.8 Å². The second-order valence-electron chi connectivity index (χ2n) is 7.30. The van der Waals surface area contributed by atoms with Crippen molar-refractivity contribution in [2.45, 2.75) is 76.0 Å². The highest BCUT2D eigenvalue weighted by atomic mass is 19.3. The Balaban J connectivity index is 1.92. The van der Waals surface area contributed by atoms with Crippen LogP contribution in [0.25, 0.3) is 0 Å². The molecule has 1 heterocycles. The normalized spacial score (nSPS) is 27.6. The van der Waals surface area contributed by atoms with Crippen molar-refractivity contribution < 1.29 is 23.0 Å². The summed E-state index contributed by atoms with van der Waals surface area (Å²) in [5.41, 5.74) is -1.03. The zero-order chi connectivity index (χ0) is 15.9. The lowest BCUT2D eigenvalue weighted by molar-refractivity contribution is -0.110. The molecular formula is C15H25F2NO3. The Kier molecular flexibility index (Phi) is 4.21. The van der Waals surface area contributed by atoms with Gasteiger partial charge in [-0.05, 0) is 40.0 Å². The van der Waals surface area contributed by atoms with E-state index in [9.17, 15) is 13.6 Å². The van der Waals surface area contributed by atoms with E-state index in [1.165, 1.54) is 4.90 Å². The maximum absolute atomic E-state index is 13.3. The lowest BCUT2D eigenvalue weighted by Crippen LogP contribution is -2.43. The molecule has 6 heteroatoms. The molecule has 0 radical (unpaired) electrons. The molecule has 1 aliphatic carbocycles. The number of amides is 1. The Morgan fingerprint density at radius 3 is 2.33 bits per heavy atom. The highest BCUT2D eigenvalue weighted by Crippen LogP contribution is 2.45. The Morgan fingerprint density at radius 1 is 1.24 bits per heavy atom. The van der Waals surface area contributed by atoms with Crippen molar-refractivity contribution in [3.05, 3.63) is 0 Å². The first-order valence-corrected chi connectivity index (χ1v) is 7.50. The lowest BCUT2D eigenvalue weighted by Gasteiger charge is -2.36. The Hall–Kier alpha value is -0.910. The maximum atomic E-state index is 13.3. The molecule has 0 bridgehead atoms. The van der Waals surface area contributed by atoms with Gasteiger partial charge in [0.1, 0.15) is 5.60 Å². The number of carbonyl (C=O) groups is 1. The number of likely N-dealkylation sites (N-methyl/N-ethyl adjacent to an activating group) is 1. The van der Waals surface area contributed by atoms with Gasteiger partial charge < -0.3 is 14.4 Å². The topological polar surface area (TPSA) is 38.8 Å². The number of rotatable bonds is 1. The van der Waals surface area contributed by atoms with Crippen LogP contribution in [0.1, 0.15) is 52.9 Å². The van der Waals surface area contributed by atoms with Crippen molar-refractivity contribution in [1.29, 1.82) is 0 Å². The van der Waals surface area contributed by atoms with Gasteiger partial charge in [0.15, 0.2) is 0 Å². The highest BCUT2D eigenvalue weighted by molar-refractivity contribution is 5.68. The minimum atomic E-state index is -2.57. The summed E-state index contributed by atoms with van der Waals surface area (Å²) in [7, 11) is 1.68. The zero-order valence-electron chi connectivity index (χ0n) is 13.2. The largest absolute Gasteiger partial charge is 0.444 e. The molecule has 4 nitrogen and oxygen atoms in total. The first kappa shape index (κ1) is 16.5. The van der Waals surface area contributed by atoms with Gasteiger partial charge in [-0.15, -0.1) is 0 Å². The van der Waals surface area contributed by atoms with Crippen LogP contribution in [0.2, 0.25) is 0 Å². The summed E-state index contributed by atoms with van der Waals surface area (Å²) in [5.74, 6) is -2.57. The van der Waals surface area contributed by atoms with Gasteiger partial charge in [0.05, 0.1) is 18.2 Å². The summed E-state index contributed by atoms with van der Waals surface area (Å²) in [5, 5.41) is 0. The van der Waals surface area contributed by atoms with Gasteiger partial charge in [-0.1, -0.05) is 0 Å². The van der Waals surface area contributed by atoms with E-state index in [1.807, 2.05) is 20.8 Å². The van der Waals surface area contributed by atoms with Crippen LogP contribution >= 0.6 is 0 Å². The number of halogens is 2. The number of hydrogen-bond acceptors (Lipinski definition) is 3. The second-order valence-corrected chi connectivity index (χ2v) is 7.30. The first-order chi connectivity index (χ1) is 9.52. The molecule has 1 spiro atoms. The van der Waals surface area contributed by atoms with Gasteiger partial charge in [0.25, 0.3) is 0 Å². The number of alkyl halides is 2. The summed E-state index contributed by atoms with van der Waals surface area (Å²) in [6.07, 6.45) is 0.677. The van der Waals surface area contributed by atoms with Crippen molar-refractivity contribution in [1.82, 2.24) is 4.90 Å². The number of nitrogens with zero attached hydrogens (tertiary/aromatic N) is 1. The fourth-order valence-electron chi connectivity index (χ4n) is 2.97. The van der Waals surface area contributed by atoms with Crippen molar-refractivity contribution in [3.8, 4) is 0 Å². The minimum absolute atomic E-state index is 0.105. The molecule has 0 aromatic carbocycles. The van der Waals surface area contributed by atoms with Gasteiger partial charge in [-0.25, -0.2) is 13.6 Å². The van der Waals surface area contributed by atoms with E-state index in [1.54, 1.807) is 7.05 Å². The third kappa shape index (κ3) is 4.05. The van der Waals surface area contributed by atoms with Crippen LogP contribution in [0.4, 0.5) is 13.6 Å². The molecule has 0 aromatic rings. The van der Waals surface area contributed by atoms with E-state index in [0.717, 1.165) is 0 Å². The predicted molar refractivity (Wildman–Crippen MR) is 74.5 cm³/mol. The molecule has 1 amide bonds. The third-order valence-electron chi connectivity index (χ3n) is 4.31. The molecule has 1 aliphatic heterocycles. The average molecular weight is 305 g/mol. The molecular weight excluding hydrogens is 280 g/mol. The molecule has 21 heavy (non-hydrogen) atoms. The fraction of sp³-hybridized carbons (Fsp3) is 0.933. The van der Waals surface area contributed by atoms with E-state index in [4.69, 9.17) is 9.47 Å². The summed E-state index contributed by atoms with van der Waals surface area (Å²) < 4.78 is 37.7. The summed E-state index contributed by atoms with van der Waals surface area (Å²) >= 11 is 0. The Morgan fingerprint density at radius 2 is 1.81 bits per heavy atom. The molecule has 2 fully saturated rings. The molecule has 2 aliphatic rings. The zero-order valence-corrected chi connectivity index (χ0v) is 13.2. The summed E-state index contributed by atoms with van der Waals surface area (Å²) in [6.45, 7) is 5.83. The van der Waals surface area contributed by atoms with Gasteiger partial charge in [0, 0.05) is 19.9 Å². The van der Waals surface area contributed by atoms with Crippen LogP contribution in [0.15, 0.2) is 0 Å². The highest BCUT2D eigenvalue weighted by Gasteiger charge is 2.49. The summed E-state index contributed by atoms with van der Waals surface area (Å²) in [6, 6.07) is -0.105. The standard InChI is InChI=1S/C15H25F2NO3/c1-13(2,3)21-12(19)18(4)11-9-14(20-10-11)5-7-15(16,17)8-6-14/h11H,5-10H2,1-4H3. The predicted octanol–water partition coefficient (Wildman–Crippen LogP) is 3.59. The van der Waals surface area contributed by atoms with Gasteiger partial charge in [0.2, 0.25) is 5.92 Å². The SMILES string of the molecule is CN(C(=O)OC(C)(C)C)C1COC2(CCC(F)(F)CC2)C1. The van der Waals surface area contributed by atoms with Crippen LogP contribution in [-0.2, 0) is 9.47 Å². The maximum Gasteiger partial charge on any atom is 0.410 e. The van der Waals surface area contributed by atoms with E-state index in [2.05, 4.69) is 0 Å². The number of carbonyl (C=O) groups excluding carboxylic acids is 1. The monoisotopic (exact) mass is 305 g/mol. The Labute approximate surface area is 124 Å². The van der Waals surface area contributed by atoms with Crippen molar-refractivity contribution >= 4 is 6.09 Å². The fourth-order valence-corrected chi connectivity index (χ4v) is 2.97. The van der Waals surface area contributed by atoms with Crippen LogP contribution in [0.3, 0.4) is 0 Å². The second kappa shape index (κ2) is 5.38. The molecule has 1 saturated heterocycles. The molecule has 1 saturated carbocycles. The van der Waals surface area contributed by atoms with Gasteiger partial charge >= 0.3 is 6.09 Å². The average Bonchev–Trinajstić information content (AvgIpc) is 2.75. The van der Waals surface area contributed by atoms with Gasteiger partial charge in [-0.3, -0.25) is 0 Å². The van der Waals surface area contributed by atoms with Crippen molar-refractivity contribution in [2.24, 2.45) is 0 Å². The quantitative estimate of drug-likeness (QED) is 0.743. The van der Waals surface area contributed by atoms with Crippen LogP contribution in [0.5, 0.6) is 0 Å². The minimum Gasteiger partial charge on any atom is -0.444 e. The van der Waals surface area contributed by atoms with E-state index < -0.39 is 23.2 Å². The molecule has 0 aromatic heterocycles. The van der Waals surface area contributed by atoms with Gasteiger partial charge in [-0.2, -0.15) is 0 Å². The van der Waals surface area contributed by atoms with E-state index in [-0.39, 0.29) is 18.9 Å². The lowest BCUT2D eigenvalue weighted by atomic mass is 9.80. The van der Waals surface area contributed by atoms with E-state index in [0.29, 0.717) is 25.9 Å². The first-order valence-electron chi connectivity index (χ1n) is 7.50. The number of hydrogen-bond donors (Lipinski definition) is 0. The number of ether oxygens (including phenoxy) is 2. The molecule has 0 N–H and O–H groups in total. The summed E-state index contributed by atoms with van der Waals surface area (Å²) in [4.78, 5) is 13.6. The molecule has 1 unspecified atom stereocenters.